The summed E-state index contributed by atoms with van der Waals surface area (Å²) in [4.78, 5) is 11.7. The van der Waals surface area contributed by atoms with E-state index < -0.39 is 51.8 Å². The Morgan fingerprint density at radius 2 is 1.60 bits per heavy atom. The van der Waals surface area contributed by atoms with Gasteiger partial charge in [0.05, 0.1) is 11.3 Å². The van der Waals surface area contributed by atoms with E-state index in [2.05, 4.69) is 5.32 Å². The summed E-state index contributed by atoms with van der Waals surface area (Å²) in [5.74, 6) is -7.35. The van der Waals surface area contributed by atoms with Gasteiger partial charge in [-0.1, -0.05) is 0 Å². The lowest BCUT2D eigenvalue weighted by atomic mass is 9.87. The quantitative estimate of drug-likeness (QED) is 0.581. The SMILES string of the molecule is CC1(C)CC(=O)c2c(F)c(C(F)(F)F)c(F)c(F)c2N1. The molecule has 0 aliphatic carbocycles. The van der Waals surface area contributed by atoms with Crippen molar-refractivity contribution in [3.05, 3.63) is 28.6 Å². The zero-order valence-electron chi connectivity index (χ0n) is 10.4. The van der Waals surface area contributed by atoms with Crippen molar-refractivity contribution in [2.24, 2.45) is 0 Å². The summed E-state index contributed by atoms with van der Waals surface area (Å²) < 4.78 is 78.6. The lowest BCUT2D eigenvalue weighted by Crippen LogP contribution is -2.40. The average molecular weight is 297 g/mol. The standard InChI is InChI=1S/C12H9F6NO/c1-11(2)3-4(20)5-7(13)6(12(16,17)18)8(14)9(15)10(5)19-11/h19H,3H2,1-2H3. The van der Waals surface area contributed by atoms with E-state index in [0.717, 1.165) is 0 Å². The van der Waals surface area contributed by atoms with Gasteiger partial charge in [-0.25, -0.2) is 13.2 Å². The molecule has 0 saturated heterocycles. The molecule has 2 rings (SSSR count). The number of carbonyl (C=O) groups excluding carboxylic acids is 1. The molecular formula is C12H9F6NO. The maximum absolute atomic E-state index is 13.8. The van der Waals surface area contributed by atoms with E-state index >= 15 is 0 Å². The number of rotatable bonds is 0. The fraction of sp³-hybridized carbons (Fsp3) is 0.417. The number of hydrogen-bond acceptors (Lipinski definition) is 2. The Balaban J connectivity index is 2.82. The number of fused-ring (bicyclic) bond motifs is 1. The van der Waals surface area contributed by atoms with Crippen molar-refractivity contribution in [1.82, 2.24) is 0 Å². The van der Waals surface area contributed by atoms with Crippen LogP contribution in [0.2, 0.25) is 0 Å². The molecule has 8 heteroatoms. The molecule has 0 spiro atoms. The molecule has 1 aliphatic rings. The molecule has 1 aromatic carbocycles. The molecule has 0 bridgehead atoms. The van der Waals surface area contributed by atoms with Gasteiger partial charge in [0.1, 0.15) is 5.56 Å². The fourth-order valence-corrected chi connectivity index (χ4v) is 2.16. The Morgan fingerprint density at radius 1 is 1.05 bits per heavy atom. The maximum atomic E-state index is 13.8. The number of nitrogens with one attached hydrogen (secondary N) is 1. The van der Waals surface area contributed by atoms with E-state index in [4.69, 9.17) is 0 Å². The van der Waals surface area contributed by atoms with Crippen LogP contribution < -0.4 is 5.32 Å². The molecule has 1 N–H and O–H groups in total. The van der Waals surface area contributed by atoms with E-state index in [0.29, 0.717) is 0 Å². The largest absolute Gasteiger partial charge is 0.422 e. The van der Waals surface area contributed by atoms with E-state index in [1.165, 1.54) is 13.8 Å². The Bertz CT molecular complexity index is 605. The molecule has 0 fully saturated rings. The van der Waals surface area contributed by atoms with Gasteiger partial charge in [-0.15, -0.1) is 0 Å². The summed E-state index contributed by atoms with van der Waals surface area (Å²) in [6, 6.07) is 0. The van der Waals surface area contributed by atoms with Gasteiger partial charge in [0.15, 0.2) is 23.2 Å². The second-order valence-electron chi connectivity index (χ2n) is 5.17. The predicted molar refractivity (Wildman–Crippen MR) is 58.0 cm³/mol. The Kier molecular flexibility index (Phi) is 3.03. The van der Waals surface area contributed by atoms with Crippen molar-refractivity contribution in [2.45, 2.75) is 32.0 Å². The van der Waals surface area contributed by atoms with Crippen LogP contribution in [-0.4, -0.2) is 11.3 Å². The molecule has 1 aromatic rings. The predicted octanol–water partition coefficient (Wildman–Crippen LogP) is 3.90. The van der Waals surface area contributed by atoms with Crippen LogP contribution in [0, 0.1) is 17.5 Å². The van der Waals surface area contributed by atoms with Gasteiger partial charge >= 0.3 is 6.18 Å². The fourth-order valence-electron chi connectivity index (χ4n) is 2.16. The van der Waals surface area contributed by atoms with Crippen LogP contribution >= 0.6 is 0 Å². The number of anilines is 1. The minimum Gasteiger partial charge on any atom is -0.377 e. The third kappa shape index (κ3) is 2.12. The average Bonchev–Trinajstić information content (AvgIpc) is 2.21. The Hall–Kier alpha value is -1.73. The van der Waals surface area contributed by atoms with E-state index in [9.17, 15) is 31.1 Å². The van der Waals surface area contributed by atoms with Gasteiger partial charge in [-0.2, -0.15) is 13.2 Å². The summed E-state index contributed by atoms with van der Waals surface area (Å²) >= 11 is 0. The van der Waals surface area contributed by atoms with Gasteiger partial charge in [0.25, 0.3) is 0 Å². The molecule has 20 heavy (non-hydrogen) atoms. The lowest BCUT2D eigenvalue weighted by molar-refractivity contribution is -0.142. The van der Waals surface area contributed by atoms with Gasteiger partial charge in [0, 0.05) is 12.0 Å². The van der Waals surface area contributed by atoms with E-state index in [1.807, 2.05) is 0 Å². The van der Waals surface area contributed by atoms with Crippen LogP contribution in [0.1, 0.15) is 36.2 Å². The second kappa shape index (κ2) is 4.13. The molecule has 0 radical (unpaired) electrons. The third-order valence-electron chi connectivity index (χ3n) is 2.95. The molecular weight excluding hydrogens is 288 g/mol. The van der Waals surface area contributed by atoms with Crippen LogP contribution in [0.4, 0.5) is 32.0 Å². The molecule has 0 saturated carbocycles. The highest BCUT2D eigenvalue weighted by Gasteiger charge is 2.45. The highest BCUT2D eigenvalue weighted by molar-refractivity contribution is 6.04. The minimum atomic E-state index is -5.43. The topological polar surface area (TPSA) is 29.1 Å². The molecule has 1 aliphatic heterocycles. The van der Waals surface area contributed by atoms with Gasteiger partial charge < -0.3 is 5.32 Å². The van der Waals surface area contributed by atoms with E-state index in [1.54, 1.807) is 0 Å². The molecule has 110 valence electrons. The molecule has 1 heterocycles. The first-order valence-electron chi connectivity index (χ1n) is 5.55. The smallest absolute Gasteiger partial charge is 0.377 e. The molecule has 0 aromatic heterocycles. The molecule has 2 nitrogen and oxygen atoms in total. The highest BCUT2D eigenvalue weighted by atomic mass is 19.4. The number of alkyl halides is 3. The zero-order chi connectivity index (χ0) is 15.5. The summed E-state index contributed by atoms with van der Waals surface area (Å²) in [5.41, 5.74) is -5.35. The molecule has 0 unspecified atom stereocenters. The molecule has 0 atom stereocenters. The monoisotopic (exact) mass is 297 g/mol. The second-order valence-corrected chi connectivity index (χ2v) is 5.17. The van der Waals surface area contributed by atoms with Crippen molar-refractivity contribution in [3.8, 4) is 0 Å². The van der Waals surface area contributed by atoms with Crippen molar-refractivity contribution < 1.29 is 31.1 Å². The van der Waals surface area contributed by atoms with Crippen LogP contribution in [0.3, 0.4) is 0 Å². The summed E-state index contributed by atoms with van der Waals surface area (Å²) in [6.45, 7) is 2.92. The van der Waals surface area contributed by atoms with Crippen molar-refractivity contribution >= 4 is 11.5 Å². The van der Waals surface area contributed by atoms with Crippen molar-refractivity contribution in [1.29, 1.82) is 0 Å². The highest BCUT2D eigenvalue weighted by Crippen LogP contribution is 2.42. The number of ketones is 1. The van der Waals surface area contributed by atoms with Crippen LogP contribution in [0.25, 0.3) is 0 Å². The maximum Gasteiger partial charge on any atom is 0.422 e. The van der Waals surface area contributed by atoms with Crippen molar-refractivity contribution in [2.75, 3.05) is 5.32 Å². The lowest BCUT2D eigenvalue weighted by Gasteiger charge is -2.33. The van der Waals surface area contributed by atoms with Crippen LogP contribution in [0.5, 0.6) is 0 Å². The van der Waals surface area contributed by atoms with Gasteiger partial charge in [0.2, 0.25) is 0 Å². The number of Topliss-reactive ketones (excluding diaryl/α,β-unsaturated/α-hetero) is 1. The third-order valence-corrected chi connectivity index (χ3v) is 2.95. The number of benzene rings is 1. The zero-order valence-corrected chi connectivity index (χ0v) is 10.4. The van der Waals surface area contributed by atoms with E-state index in [-0.39, 0.29) is 6.42 Å². The summed E-state index contributed by atoms with van der Waals surface area (Å²) in [7, 11) is 0. The number of halogens is 6. The van der Waals surface area contributed by atoms with Gasteiger partial charge in [-0.05, 0) is 13.8 Å². The summed E-state index contributed by atoms with van der Waals surface area (Å²) in [5, 5.41) is 2.35. The molecule has 0 amide bonds. The van der Waals surface area contributed by atoms with Crippen LogP contribution in [-0.2, 0) is 6.18 Å². The minimum absolute atomic E-state index is 0.334. The Morgan fingerprint density at radius 3 is 2.10 bits per heavy atom. The first-order valence-corrected chi connectivity index (χ1v) is 5.55. The number of carbonyl (C=O) groups is 1. The van der Waals surface area contributed by atoms with Gasteiger partial charge in [-0.3, -0.25) is 4.79 Å². The van der Waals surface area contributed by atoms with Crippen molar-refractivity contribution in [3.63, 3.8) is 0 Å². The number of hydrogen-bond donors (Lipinski definition) is 1. The van der Waals surface area contributed by atoms with Crippen LogP contribution in [0.15, 0.2) is 0 Å². The summed E-state index contributed by atoms with van der Waals surface area (Å²) in [6.07, 6.45) is -5.77. The Labute approximate surface area is 109 Å². The first-order chi connectivity index (χ1) is 8.96. The first kappa shape index (κ1) is 14.7. The normalized spacial score (nSPS) is 17.7.